The van der Waals surface area contributed by atoms with Crippen molar-refractivity contribution in [3.05, 3.63) is 52.3 Å². The number of piperidine rings is 1. The van der Waals surface area contributed by atoms with Crippen LogP contribution >= 0.6 is 11.6 Å². The number of carbonyl (C=O) groups excluding carboxylic acids is 1. The van der Waals surface area contributed by atoms with Crippen molar-refractivity contribution >= 4 is 17.5 Å². The molecule has 0 bridgehead atoms. The zero-order chi connectivity index (χ0) is 21.1. The second-order valence-electron chi connectivity index (χ2n) is 8.58. The van der Waals surface area contributed by atoms with E-state index >= 15 is 0 Å². The van der Waals surface area contributed by atoms with Gasteiger partial charge in [-0.3, -0.25) is 9.69 Å². The Bertz CT molecular complexity index is 881. The fourth-order valence-corrected chi connectivity index (χ4v) is 4.96. The minimum Gasteiger partial charge on any atom is -0.379 e. The first-order valence-corrected chi connectivity index (χ1v) is 11.4. The second kappa shape index (κ2) is 9.54. The lowest BCUT2D eigenvalue weighted by Gasteiger charge is -2.34. The molecule has 2 aromatic rings. The number of likely N-dealkylation sites (tertiary alicyclic amines) is 1. The summed E-state index contributed by atoms with van der Waals surface area (Å²) in [6.07, 6.45) is 3.43. The Morgan fingerprint density at radius 3 is 2.53 bits per heavy atom. The lowest BCUT2D eigenvalue weighted by Crippen LogP contribution is -2.41. The highest BCUT2D eigenvalue weighted by Gasteiger charge is 2.27. The normalized spacial score (nSPS) is 18.7. The Balaban J connectivity index is 1.37. The van der Waals surface area contributed by atoms with Gasteiger partial charge in [0.1, 0.15) is 0 Å². The molecule has 0 unspecified atom stereocenters. The molecule has 0 saturated carbocycles. The van der Waals surface area contributed by atoms with Gasteiger partial charge in [0.15, 0.2) is 0 Å². The summed E-state index contributed by atoms with van der Waals surface area (Å²) >= 11 is 6.18. The Morgan fingerprint density at radius 2 is 1.83 bits per heavy atom. The number of benzene rings is 1. The van der Waals surface area contributed by atoms with Crippen molar-refractivity contribution in [3.63, 3.8) is 0 Å². The van der Waals surface area contributed by atoms with Gasteiger partial charge in [0.2, 0.25) is 0 Å². The lowest BCUT2D eigenvalue weighted by molar-refractivity contribution is 0.0332. The van der Waals surface area contributed by atoms with E-state index in [0.29, 0.717) is 5.02 Å². The summed E-state index contributed by atoms with van der Waals surface area (Å²) in [7, 11) is 0. The zero-order valence-corrected chi connectivity index (χ0v) is 18.8. The van der Waals surface area contributed by atoms with Crippen LogP contribution in [0.25, 0.3) is 5.69 Å². The van der Waals surface area contributed by atoms with Crippen molar-refractivity contribution in [1.29, 1.82) is 0 Å². The standard InChI is InChI=1S/C24H32ClN3O2/c1-18-16-23(19(2)28(18)22-5-3-4-21(25)17-22)24(29)27-10-7-20(8-11-27)6-9-26-12-14-30-15-13-26/h3-5,16-17,20H,6-15H2,1-2H3. The quantitative estimate of drug-likeness (QED) is 0.710. The molecule has 3 heterocycles. The summed E-state index contributed by atoms with van der Waals surface area (Å²) in [6, 6.07) is 9.80. The maximum absolute atomic E-state index is 13.3. The number of hydrogen-bond acceptors (Lipinski definition) is 3. The maximum Gasteiger partial charge on any atom is 0.255 e. The SMILES string of the molecule is Cc1cc(C(=O)N2CCC(CCN3CCOCC3)CC2)c(C)n1-c1cccc(Cl)c1. The summed E-state index contributed by atoms with van der Waals surface area (Å²) in [5, 5.41) is 0.701. The summed E-state index contributed by atoms with van der Waals surface area (Å²) in [4.78, 5) is 17.8. The molecule has 30 heavy (non-hydrogen) atoms. The number of aryl methyl sites for hydroxylation is 1. The van der Waals surface area contributed by atoms with Crippen LogP contribution in [0.4, 0.5) is 0 Å². The lowest BCUT2D eigenvalue weighted by atomic mass is 9.93. The number of aromatic nitrogens is 1. The molecular formula is C24H32ClN3O2. The van der Waals surface area contributed by atoms with Gasteiger partial charge in [-0.05, 0) is 69.8 Å². The van der Waals surface area contributed by atoms with Crippen LogP contribution in [-0.2, 0) is 4.74 Å². The molecule has 1 amide bonds. The van der Waals surface area contributed by atoms with E-state index in [1.165, 1.54) is 6.42 Å². The van der Waals surface area contributed by atoms with Crippen LogP contribution in [0.2, 0.25) is 5.02 Å². The van der Waals surface area contributed by atoms with Crippen molar-refractivity contribution in [3.8, 4) is 5.69 Å². The molecule has 2 fully saturated rings. The van der Waals surface area contributed by atoms with Gasteiger partial charge in [-0.1, -0.05) is 17.7 Å². The van der Waals surface area contributed by atoms with Crippen LogP contribution in [-0.4, -0.2) is 66.2 Å². The van der Waals surface area contributed by atoms with Crippen molar-refractivity contribution in [1.82, 2.24) is 14.4 Å². The van der Waals surface area contributed by atoms with Crippen molar-refractivity contribution in [2.75, 3.05) is 45.9 Å². The molecule has 0 N–H and O–H groups in total. The molecule has 6 heteroatoms. The summed E-state index contributed by atoms with van der Waals surface area (Å²) in [6.45, 7) is 10.8. The molecule has 1 aromatic carbocycles. The van der Waals surface area contributed by atoms with Gasteiger partial charge >= 0.3 is 0 Å². The van der Waals surface area contributed by atoms with E-state index in [1.807, 2.05) is 49.1 Å². The molecule has 2 saturated heterocycles. The third kappa shape index (κ3) is 4.74. The minimum atomic E-state index is 0.156. The van der Waals surface area contributed by atoms with Crippen LogP contribution in [0.1, 0.15) is 41.0 Å². The number of nitrogens with zero attached hydrogens (tertiary/aromatic N) is 3. The second-order valence-corrected chi connectivity index (χ2v) is 9.01. The zero-order valence-electron chi connectivity index (χ0n) is 18.1. The molecule has 162 valence electrons. The Hall–Kier alpha value is -1.82. The van der Waals surface area contributed by atoms with Crippen molar-refractivity contribution in [2.45, 2.75) is 33.1 Å². The highest BCUT2D eigenvalue weighted by molar-refractivity contribution is 6.30. The molecule has 2 aliphatic rings. The van der Waals surface area contributed by atoms with E-state index in [1.54, 1.807) is 0 Å². The first-order chi connectivity index (χ1) is 14.5. The van der Waals surface area contributed by atoms with Gasteiger partial charge in [0.05, 0.1) is 18.8 Å². The number of halogens is 1. The van der Waals surface area contributed by atoms with Gasteiger partial charge < -0.3 is 14.2 Å². The van der Waals surface area contributed by atoms with E-state index in [0.717, 1.165) is 87.3 Å². The van der Waals surface area contributed by atoms with Crippen LogP contribution in [0.3, 0.4) is 0 Å². The van der Waals surface area contributed by atoms with Crippen LogP contribution in [0.15, 0.2) is 30.3 Å². The van der Waals surface area contributed by atoms with E-state index in [-0.39, 0.29) is 5.91 Å². The third-order valence-electron chi connectivity index (χ3n) is 6.59. The maximum atomic E-state index is 13.3. The number of ether oxygens (including phenoxy) is 1. The molecule has 0 atom stereocenters. The van der Waals surface area contributed by atoms with Crippen LogP contribution < -0.4 is 0 Å². The van der Waals surface area contributed by atoms with E-state index < -0.39 is 0 Å². The number of carbonyl (C=O) groups is 1. The average molecular weight is 430 g/mol. The van der Waals surface area contributed by atoms with Crippen LogP contribution in [0, 0.1) is 19.8 Å². The number of hydrogen-bond donors (Lipinski definition) is 0. The summed E-state index contributed by atoms with van der Waals surface area (Å²) < 4.78 is 7.55. The van der Waals surface area contributed by atoms with Crippen molar-refractivity contribution in [2.24, 2.45) is 5.92 Å². The Morgan fingerprint density at radius 1 is 1.10 bits per heavy atom. The predicted octanol–water partition coefficient (Wildman–Crippen LogP) is 4.32. The van der Waals surface area contributed by atoms with Gasteiger partial charge in [-0.2, -0.15) is 0 Å². The molecule has 5 nitrogen and oxygen atoms in total. The van der Waals surface area contributed by atoms with Gasteiger partial charge in [-0.25, -0.2) is 0 Å². The largest absolute Gasteiger partial charge is 0.379 e. The number of amides is 1. The fourth-order valence-electron chi connectivity index (χ4n) is 4.78. The summed E-state index contributed by atoms with van der Waals surface area (Å²) in [5.41, 5.74) is 3.84. The third-order valence-corrected chi connectivity index (χ3v) is 6.82. The monoisotopic (exact) mass is 429 g/mol. The number of rotatable bonds is 5. The Labute approximate surface area is 184 Å². The highest BCUT2D eigenvalue weighted by Crippen LogP contribution is 2.27. The van der Waals surface area contributed by atoms with E-state index in [9.17, 15) is 4.79 Å². The van der Waals surface area contributed by atoms with Crippen LogP contribution in [0.5, 0.6) is 0 Å². The average Bonchev–Trinajstić information content (AvgIpc) is 3.06. The van der Waals surface area contributed by atoms with Gasteiger partial charge in [-0.15, -0.1) is 0 Å². The fraction of sp³-hybridized carbons (Fsp3) is 0.542. The van der Waals surface area contributed by atoms with E-state index in [2.05, 4.69) is 9.47 Å². The molecule has 0 radical (unpaired) electrons. The molecule has 4 rings (SSSR count). The Kier molecular flexibility index (Phi) is 6.81. The topological polar surface area (TPSA) is 37.7 Å². The van der Waals surface area contributed by atoms with Gasteiger partial charge in [0.25, 0.3) is 5.91 Å². The molecular weight excluding hydrogens is 398 g/mol. The predicted molar refractivity (Wildman–Crippen MR) is 121 cm³/mol. The molecule has 0 spiro atoms. The first-order valence-electron chi connectivity index (χ1n) is 11.1. The first kappa shape index (κ1) is 21.4. The van der Waals surface area contributed by atoms with Crippen molar-refractivity contribution < 1.29 is 9.53 Å². The minimum absolute atomic E-state index is 0.156. The molecule has 2 aliphatic heterocycles. The molecule has 1 aromatic heterocycles. The van der Waals surface area contributed by atoms with E-state index in [4.69, 9.17) is 16.3 Å². The molecule has 0 aliphatic carbocycles. The number of morpholine rings is 1. The smallest absolute Gasteiger partial charge is 0.255 e. The van der Waals surface area contributed by atoms with Gasteiger partial charge in [0, 0.05) is 48.3 Å². The highest BCUT2D eigenvalue weighted by atomic mass is 35.5. The summed E-state index contributed by atoms with van der Waals surface area (Å²) in [5.74, 6) is 0.874.